The van der Waals surface area contributed by atoms with Crippen LogP contribution in [0.15, 0.2) is 35.1 Å². The van der Waals surface area contributed by atoms with E-state index in [1.165, 1.54) is 0 Å². The highest BCUT2D eigenvalue weighted by Gasteiger charge is 2.05. The maximum absolute atomic E-state index is 11.5. The molecule has 4 heteroatoms. The fourth-order valence-corrected chi connectivity index (χ4v) is 2.00. The second-order valence-electron chi connectivity index (χ2n) is 4.23. The maximum Gasteiger partial charge on any atom is 0.248 e. The van der Waals surface area contributed by atoms with Crippen molar-refractivity contribution in [3.05, 3.63) is 46.2 Å². The number of pyridine rings is 1. The molecule has 2 aromatic rings. The lowest BCUT2D eigenvalue weighted by atomic mass is 10.1. The Bertz CT molecular complexity index is 562. The summed E-state index contributed by atoms with van der Waals surface area (Å²) in [4.78, 5) is 16.5. The predicted molar refractivity (Wildman–Crippen MR) is 70.0 cm³/mol. The number of aromatic amines is 1. The molecular formula is C13H17N3O. The van der Waals surface area contributed by atoms with Crippen LogP contribution in [0.4, 0.5) is 0 Å². The molecule has 0 amide bonds. The van der Waals surface area contributed by atoms with E-state index in [4.69, 9.17) is 5.73 Å². The summed E-state index contributed by atoms with van der Waals surface area (Å²) in [6.07, 6.45) is 0. The third-order valence-corrected chi connectivity index (χ3v) is 2.79. The number of benzene rings is 1. The smallest absolute Gasteiger partial charge is 0.248 e. The van der Waals surface area contributed by atoms with Gasteiger partial charge in [0.15, 0.2) is 0 Å². The average Bonchev–Trinajstić information content (AvgIpc) is 2.29. The minimum absolute atomic E-state index is 0.0557. The summed E-state index contributed by atoms with van der Waals surface area (Å²) in [6, 6.07) is 9.51. The zero-order valence-corrected chi connectivity index (χ0v) is 9.94. The Kier molecular flexibility index (Phi) is 3.56. The van der Waals surface area contributed by atoms with E-state index in [0.717, 1.165) is 29.6 Å². The van der Waals surface area contributed by atoms with Crippen molar-refractivity contribution in [2.75, 3.05) is 20.1 Å². The summed E-state index contributed by atoms with van der Waals surface area (Å²) in [7, 11) is 2.00. The van der Waals surface area contributed by atoms with Crippen molar-refractivity contribution >= 4 is 10.9 Å². The molecule has 0 aliphatic carbocycles. The van der Waals surface area contributed by atoms with Gasteiger partial charge < -0.3 is 15.6 Å². The SMILES string of the molecule is CN(CCN)Cc1cc(=O)[nH]c2ccccc12. The van der Waals surface area contributed by atoms with Crippen molar-refractivity contribution in [2.24, 2.45) is 5.73 Å². The zero-order chi connectivity index (χ0) is 12.3. The standard InChI is InChI=1S/C13H17N3O/c1-16(7-6-14)9-10-8-13(17)15-12-5-3-2-4-11(10)12/h2-5,8H,6-7,9,14H2,1H3,(H,15,17). The van der Waals surface area contributed by atoms with Gasteiger partial charge in [-0.2, -0.15) is 0 Å². The van der Waals surface area contributed by atoms with Crippen molar-refractivity contribution < 1.29 is 0 Å². The van der Waals surface area contributed by atoms with Crippen LogP contribution in [-0.2, 0) is 6.54 Å². The monoisotopic (exact) mass is 231 g/mol. The number of rotatable bonds is 4. The first kappa shape index (κ1) is 11.8. The van der Waals surface area contributed by atoms with E-state index < -0.39 is 0 Å². The highest BCUT2D eigenvalue weighted by atomic mass is 16.1. The number of nitrogens with one attached hydrogen (secondary N) is 1. The number of hydrogen-bond donors (Lipinski definition) is 2. The van der Waals surface area contributed by atoms with Crippen LogP contribution in [0.1, 0.15) is 5.56 Å². The average molecular weight is 231 g/mol. The predicted octanol–water partition coefficient (Wildman–Crippen LogP) is 0.919. The van der Waals surface area contributed by atoms with Gasteiger partial charge in [-0.25, -0.2) is 0 Å². The molecule has 0 atom stereocenters. The van der Waals surface area contributed by atoms with Gasteiger partial charge >= 0.3 is 0 Å². The highest BCUT2D eigenvalue weighted by molar-refractivity contribution is 5.81. The highest BCUT2D eigenvalue weighted by Crippen LogP contribution is 2.15. The van der Waals surface area contributed by atoms with E-state index >= 15 is 0 Å². The van der Waals surface area contributed by atoms with Gasteiger partial charge in [0.25, 0.3) is 0 Å². The number of nitrogens with two attached hydrogens (primary N) is 1. The number of likely N-dealkylation sites (N-methyl/N-ethyl adjacent to an activating group) is 1. The van der Waals surface area contributed by atoms with Gasteiger partial charge in [-0.3, -0.25) is 4.79 Å². The molecule has 3 N–H and O–H groups in total. The van der Waals surface area contributed by atoms with E-state index in [2.05, 4.69) is 9.88 Å². The van der Waals surface area contributed by atoms with Gasteiger partial charge in [0, 0.05) is 36.6 Å². The number of H-pyrrole nitrogens is 1. The summed E-state index contributed by atoms with van der Waals surface area (Å²) in [6.45, 7) is 2.18. The first-order valence-corrected chi connectivity index (χ1v) is 5.70. The zero-order valence-electron chi connectivity index (χ0n) is 9.94. The number of para-hydroxylation sites is 1. The molecular weight excluding hydrogens is 214 g/mol. The maximum atomic E-state index is 11.5. The van der Waals surface area contributed by atoms with Crippen LogP contribution in [0.2, 0.25) is 0 Å². The molecule has 0 saturated heterocycles. The van der Waals surface area contributed by atoms with Gasteiger partial charge in [-0.05, 0) is 18.7 Å². The van der Waals surface area contributed by atoms with Crippen molar-refractivity contribution in [1.29, 1.82) is 0 Å². The van der Waals surface area contributed by atoms with Gasteiger partial charge in [0.05, 0.1) is 0 Å². The molecule has 0 saturated carbocycles. The van der Waals surface area contributed by atoms with Crippen LogP contribution in [0.5, 0.6) is 0 Å². The topological polar surface area (TPSA) is 62.1 Å². The van der Waals surface area contributed by atoms with Gasteiger partial charge in [-0.1, -0.05) is 18.2 Å². The second-order valence-corrected chi connectivity index (χ2v) is 4.23. The molecule has 17 heavy (non-hydrogen) atoms. The molecule has 0 spiro atoms. The minimum atomic E-state index is -0.0557. The molecule has 2 rings (SSSR count). The van der Waals surface area contributed by atoms with E-state index in [0.29, 0.717) is 6.54 Å². The summed E-state index contributed by atoms with van der Waals surface area (Å²) in [5.74, 6) is 0. The number of nitrogens with zero attached hydrogens (tertiary/aromatic N) is 1. The molecule has 1 aromatic heterocycles. The van der Waals surface area contributed by atoms with E-state index in [1.807, 2.05) is 31.3 Å². The Labute approximate surface area is 100 Å². The van der Waals surface area contributed by atoms with Crippen LogP contribution in [0.3, 0.4) is 0 Å². The summed E-state index contributed by atoms with van der Waals surface area (Å²) >= 11 is 0. The van der Waals surface area contributed by atoms with E-state index in [1.54, 1.807) is 6.07 Å². The third kappa shape index (κ3) is 2.72. The molecule has 4 nitrogen and oxygen atoms in total. The van der Waals surface area contributed by atoms with E-state index in [-0.39, 0.29) is 5.56 Å². The molecule has 0 bridgehead atoms. The first-order chi connectivity index (χ1) is 8.20. The Morgan fingerprint density at radius 2 is 2.12 bits per heavy atom. The number of fused-ring (bicyclic) bond motifs is 1. The van der Waals surface area contributed by atoms with Gasteiger partial charge in [-0.15, -0.1) is 0 Å². The van der Waals surface area contributed by atoms with Gasteiger partial charge in [0.1, 0.15) is 0 Å². The van der Waals surface area contributed by atoms with Crippen LogP contribution in [0.25, 0.3) is 10.9 Å². The molecule has 0 unspecified atom stereocenters. The molecule has 0 aliphatic rings. The Balaban J connectivity index is 2.42. The first-order valence-electron chi connectivity index (χ1n) is 5.70. The van der Waals surface area contributed by atoms with Crippen molar-refractivity contribution in [2.45, 2.75) is 6.54 Å². The van der Waals surface area contributed by atoms with Crippen LogP contribution >= 0.6 is 0 Å². The van der Waals surface area contributed by atoms with Crippen molar-refractivity contribution in [3.63, 3.8) is 0 Å². The summed E-state index contributed by atoms with van der Waals surface area (Å²) in [5.41, 5.74) is 7.39. The van der Waals surface area contributed by atoms with Crippen LogP contribution in [-0.4, -0.2) is 30.0 Å². The lowest BCUT2D eigenvalue weighted by Crippen LogP contribution is -2.25. The Hall–Kier alpha value is -1.65. The fourth-order valence-electron chi connectivity index (χ4n) is 2.00. The Morgan fingerprint density at radius 3 is 2.88 bits per heavy atom. The number of hydrogen-bond acceptors (Lipinski definition) is 3. The molecule has 1 aromatic carbocycles. The Morgan fingerprint density at radius 1 is 1.35 bits per heavy atom. The lowest BCUT2D eigenvalue weighted by molar-refractivity contribution is 0.337. The molecule has 0 radical (unpaired) electrons. The van der Waals surface area contributed by atoms with Crippen LogP contribution in [0, 0.1) is 0 Å². The normalized spacial score (nSPS) is 11.2. The second kappa shape index (κ2) is 5.12. The summed E-state index contributed by atoms with van der Waals surface area (Å²) in [5, 5.41) is 1.09. The molecule has 0 aliphatic heterocycles. The summed E-state index contributed by atoms with van der Waals surface area (Å²) < 4.78 is 0. The lowest BCUT2D eigenvalue weighted by Gasteiger charge is -2.16. The third-order valence-electron chi connectivity index (χ3n) is 2.79. The molecule has 1 heterocycles. The van der Waals surface area contributed by atoms with Crippen molar-refractivity contribution in [3.8, 4) is 0 Å². The number of aromatic nitrogens is 1. The van der Waals surface area contributed by atoms with E-state index in [9.17, 15) is 4.79 Å². The fraction of sp³-hybridized carbons (Fsp3) is 0.308. The molecule has 0 fully saturated rings. The van der Waals surface area contributed by atoms with Crippen LogP contribution < -0.4 is 11.3 Å². The van der Waals surface area contributed by atoms with Gasteiger partial charge in [0.2, 0.25) is 5.56 Å². The largest absolute Gasteiger partial charge is 0.329 e. The van der Waals surface area contributed by atoms with Crippen molar-refractivity contribution in [1.82, 2.24) is 9.88 Å². The molecule has 90 valence electrons. The minimum Gasteiger partial charge on any atom is -0.329 e. The quantitative estimate of drug-likeness (QED) is 0.822.